The number of benzene rings is 1. The van der Waals surface area contributed by atoms with Crippen molar-refractivity contribution in [2.24, 2.45) is 0 Å². The molecular formula is C15H22N2O. The minimum absolute atomic E-state index is 0.171. The van der Waals surface area contributed by atoms with Gasteiger partial charge in [-0.05, 0) is 45.4 Å². The van der Waals surface area contributed by atoms with E-state index in [9.17, 15) is 0 Å². The Balaban J connectivity index is 2.60. The summed E-state index contributed by atoms with van der Waals surface area (Å²) in [5.41, 5.74) is 1.65. The molecule has 0 amide bonds. The third-order valence-corrected chi connectivity index (χ3v) is 2.88. The zero-order valence-corrected chi connectivity index (χ0v) is 11.7. The van der Waals surface area contributed by atoms with Gasteiger partial charge in [-0.1, -0.05) is 12.1 Å². The van der Waals surface area contributed by atoms with Crippen LogP contribution in [0.1, 0.15) is 44.9 Å². The van der Waals surface area contributed by atoms with Gasteiger partial charge in [0.05, 0.1) is 17.2 Å². The van der Waals surface area contributed by atoms with Crippen molar-refractivity contribution in [1.29, 1.82) is 5.26 Å². The molecule has 0 aromatic heterocycles. The topological polar surface area (TPSA) is 45.0 Å². The van der Waals surface area contributed by atoms with Crippen molar-refractivity contribution in [1.82, 2.24) is 5.32 Å². The molecule has 0 saturated heterocycles. The minimum Gasteiger partial charge on any atom is -0.375 e. The van der Waals surface area contributed by atoms with Crippen LogP contribution in [0.5, 0.6) is 0 Å². The summed E-state index contributed by atoms with van der Waals surface area (Å²) in [6, 6.07) is 10.1. The van der Waals surface area contributed by atoms with Crippen LogP contribution < -0.4 is 5.32 Å². The van der Waals surface area contributed by atoms with Gasteiger partial charge in [-0.15, -0.1) is 0 Å². The number of ether oxygens (including phenoxy) is 1. The number of nitriles is 1. The smallest absolute Gasteiger partial charge is 0.0991 e. The third-order valence-electron chi connectivity index (χ3n) is 2.88. The number of rotatable bonds is 6. The average molecular weight is 246 g/mol. The molecule has 18 heavy (non-hydrogen) atoms. The highest BCUT2D eigenvalue weighted by Gasteiger charge is 2.18. The van der Waals surface area contributed by atoms with Crippen molar-refractivity contribution in [3.8, 4) is 6.07 Å². The summed E-state index contributed by atoms with van der Waals surface area (Å²) >= 11 is 0. The molecule has 0 heterocycles. The Morgan fingerprint density at radius 3 is 2.78 bits per heavy atom. The monoisotopic (exact) mass is 246 g/mol. The van der Waals surface area contributed by atoms with Crippen molar-refractivity contribution in [2.45, 2.75) is 39.3 Å². The van der Waals surface area contributed by atoms with Gasteiger partial charge in [0.15, 0.2) is 0 Å². The van der Waals surface area contributed by atoms with E-state index in [1.165, 1.54) is 0 Å². The molecule has 1 unspecified atom stereocenters. The molecule has 98 valence electrons. The second kappa shape index (κ2) is 6.53. The largest absolute Gasteiger partial charge is 0.375 e. The first kappa shape index (κ1) is 14.7. The Labute approximate surface area is 110 Å². The number of nitrogens with zero attached hydrogens (tertiary/aromatic N) is 1. The lowest BCUT2D eigenvalue weighted by atomic mass is 10.0. The van der Waals surface area contributed by atoms with Crippen LogP contribution >= 0.6 is 0 Å². The van der Waals surface area contributed by atoms with Crippen molar-refractivity contribution < 1.29 is 4.74 Å². The van der Waals surface area contributed by atoms with Gasteiger partial charge in [0.25, 0.3) is 0 Å². The molecule has 0 aliphatic heterocycles. The fourth-order valence-electron chi connectivity index (χ4n) is 1.84. The van der Waals surface area contributed by atoms with Crippen molar-refractivity contribution in [3.63, 3.8) is 0 Å². The highest BCUT2D eigenvalue weighted by atomic mass is 16.5. The summed E-state index contributed by atoms with van der Waals surface area (Å²) in [4.78, 5) is 0. The molecule has 3 heteroatoms. The molecule has 0 spiro atoms. The van der Waals surface area contributed by atoms with E-state index in [1.54, 1.807) is 0 Å². The molecule has 0 bridgehead atoms. The fraction of sp³-hybridized carbons (Fsp3) is 0.533. The van der Waals surface area contributed by atoms with E-state index >= 15 is 0 Å². The van der Waals surface area contributed by atoms with Crippen LogP contribution in [0, 0.1) is 11.3 Å². The Morgan fingerprint density at radius 1 is 1.44 bits per heavy atom. The van der Waals surface area contributed by atoms with Gasteiger partial charge >= 0.3 is 0 Å². The zero-order chi connectivity index (χ0) is 13.6. The maximum Gasteiger partial charge on any atom is 0.0991 e. The van der Waals surface area contributed by atoms with E-state index < -0.39 is 0 Å². The summed E-state index contributed by atoms with van der Waals surface area (Å²) in [7, 11) is 0. The molecule has 1 N–H and O–H groups in total. The molecule has 1 atom stereocenters. The number of nitrogens with one attached hydrogen (secondary N) is 1. The molecule has 0 aliphatic carbocycles. The summed E-state index contributed by atoms with van der Waals surface area (Å²) in [6.07, 6.45) is 0. The van der Waals surface area contributed by atoms with Gasteiger partial charge in [0, 0.05) is 19.2 Å². The fourth-order valence-corrected chi connectivity index (χ4v) is 1.84. The van der Waals surface area contributed by atoms with Gasteiger partial charge in [-0.2, -0.15) is 5.26 Å². The lowest BCUT2D eigenvalue weighted by Gasteiger charge is -2.27. The van der Waals surface area contributed by atoms with Crippen LogP contribution in [0.15, 0.2) is 24.3 Å². The number of hydrogen-bond donors (Lipinski definition) is 1. The quantitative estimate of drug-likeness (QED) is 0.839. The molecule has 3 nitrogen and oxygen atoms in total. The molecule has 0 aliphatic rings. The van der Waals surface area contributed by atoms with Gasteiger partial charge in [-0.25, -0.2) is 0 Å². The lowest BCUT2D eigenvalue weighted by Crippen LogP contribution is -2.38. The molecular weight excluding hydrogens is 224 g/mol. The van der Waals surface area contributed by atoms with E-state index in [0.29, 0.717) is 12.2 Å². The maximum atomic E-state index is 8.88. The Bertz CT molecular complexity index is 421. The highest BCUT2D eigenvalue weighted by Crippen LogP contribution is 2.15. The SMILES string of the molecule is CCOC(C)(C)CNC(C)c1cccc(C#N)c1. The van der Waals surface area contributed by atoms with E-state index in [1.807, 2.05) is 31.2 Å². The second-order valence-corrected chi connectivity index (χ2v) is 5.03. The van der Waals surface area contributed by atoms with Crippen LogP contribution in [0.3, 0.4) is 0 Å². The average Bonchev–Trinajstić information content (AvgIpc) is 2.36. The molecule has 1 aromatic rings. The lowest BCUT2D eigenvalue weighted by molar-refractivity contribution is -0.0103. The van der Waals surface area contributed by atoms with Crippen molar-refractivity contribution in [2.75, 3.05) is 13.2 Å². The van der Waals surface area contributed by atoms with Gasteiger partial charge < -0.3 is 10.1 Å². The van der Waals surface area contributed by atoms with Gasteiger partial charge in [-0.3, -0.25) is 0 Å². The Hall–Kier alpha value is -1.37. The first-order valence-corrected chi connectivity index (χ1v) is 6.36. The number of hydrogen-bond acceptors (Lipinski definition) is 3. The highest BCUT2D eigenvalue weighted by molar-refractivity contribution is 5.34. The van der Waals surface area contributed by atoms with E-state index in [0.717, 1.165) is 12.1 Å². The molecule has 1 aromatic carbocycles. The van der Waals surface area contributed by atoms with Crippen LogP contribution in [-0.2, 0) is 4.74 Å². The maximum absolute atomic E-state index is 8.88. The molecule has 0 radical (unpaired) electrons. The van der Waals surface area contributed by atoms with Crippen LogP contribution in [0.2, 0.25) is 0 Å². The summed E-state index contributed by atoms with van der Waals surface area (Å²) in [5.74, 6) is 0. The first-order chi connectivity index (χ1) is 8.48. The van der Waals surface area contributed by atoms with Crippen LogP contribution in [0.25, 0.3) is 0 Å². The van der Waals surface area contributed by atoms with Crippen molar-refractivity contribution in [3.05, 3.63) is 35.4 Å². The van der Waals surface area contributed by atoms with Crippen molar-refractivity contribution >= 4 is 0 Å². The predicted octanol–water partition coefficient (Wildman–Crippen LogP) is 3.02. The second-order valence-electron chi connectivity index (χ2n) is 5.03. The minimum atomic E-state index is -0.171. The Kier molecular flexibility index (Phi) is 5.33. The molecule has 0 fully saturated rings. The molecule has 0 saturated carbocycles. The Morgan fingerprint density at radius 2 is 2.17 bits per heavy atom. The zero-order valence-electron chi connectivity index (χ0n) is 11.7. The molecule has 1 rings (SSSR count). The standard InChI is InChI=1S/C15H22N2O/c1-5-18-15(3,4)11-17-12(2)14-8-6-7-13(9-14)10-16/h6-9,12,17H,5,11H2,1-4H3. The third kappa shape index (κ3) is 4.48. The van der Waals surface area contributed by atoms with E-state index in [2.05, 4.69) is 32.2 Å². The summed E-state index contributed by atoms with van der Waals surface area (Å²) in [5, 5.41) is 12.3. The van der Waals surface area contributed by atoms with Gasteiger partial charge in [0.1, 0.15) is 0 Å². The van der Waals surface area contributed by atoms with E-state index in [-0.39, 0.29) is 11.6 Å². The summed E-state index contributed by atoms with van der Waals surface area (Å²) in [6.45, 7) is 9.73. The summed E-state index contributed by atoms with van der Waals surface area (Å²) < 4.78 is 5.65. The van der Waals surface area contributed by atoms with Crippen LogP contribution in [-0.4, -0.2) is 18.8 Å². The van der Waals surface area contributed by atoms with E-state index in [4.69, 9.17) is 10.00 Å². The normalized spacial score (nSPS) is 13.1. The predicted molar refractivity (Wildman–Crippen MR) is 73.3 cm³/mol. The first-order valence-electron chi connectivity index (χ1n) is 6.36. The van der Waals surface area contributed by atoms with Crippen LogP contribution in [0.4, 0.5) is 0 Å². The van der Waals surface area contributed by atoms with Gasteiger partial charge in [0.2, 0.25) is 0 Å².